The van der Waals surface area contributed by atoms with Crippen molar-refractivity contribution in [2.24, 2.45) is 0 Å². The molecule has 1 amide bonds. The Bertz CT molecular complexity index is 827. The lowest BCUT2D eigenvalue weighted by atomic mass is 10.2. The summed E-state index contributed by atoms with van der Waals surface area (Å²) in [6.07, 6.45) is 4.47. The Hall–Kier alpha value is -1.72. The molecule has 0 aliphatic carbocycles. The van der Waals surface area contributed by atoms with Gasteiger partial charge in [0.1, 0.15) is 6.04 Å². The molecule has 0 bridgehead atoms. The third-order valence-corrected chi connectivity index (χ3v) is 6.65. The smallest absolute Gasteiger partial charge is 0.305 e. The minimum atomic E-state index is -3.97. The second-order valence-electron chi connectivity index (χ2n) is 7.44. The Balaban J connectivity index is 1.92. The second kappa shape index (κ2) is 13.7. The van der Waals surface area contributed by atoms with Gasteiger partial charge < -0.3 is 19.5 Å². The molecule has 2 unspecified atom stereocenters. The number of ether oxygens (including phenoxy) is 3. The van der Waals surface area contributed by atoms with Gasteiger partial charge in [0.2, 0.25) is 15.9 Å². The number of carbonyl (C=O) groups excluding carboxylic acids is 2. The van der Waals surface area contributed by atoms with E-state index in [1.807, 2.05) is 0 Å². The van der Waals surface area contributed by atoms with Crippen LogP contribution in [0.15, 0.2) is 29.2 Å². The normalized spacial score (nSPS) is 17.5. The quantitative estimate of drug-likeness (QED) is 0.321. The van der Waals surface area contributed by atoms with Crippen LogP contribution in [-0.4, -0.2) is 59.5 Å². The third-order valence-electron chi connectivity index (χ3n) is 4.91. The third kappa shape index (κ3) is 9.41. The molecular formula is C21H31ClN2O7S. The number of sulfonamides is 1. The number of methoxy groups -OCH3 is 1. The van der Waals surface area contributed by atoms with Crippen molar-refractivity contribution >= 4 is 33.5 Å². The number of nitrogens with one attached hydrogen (secondary N) is 2. The Morgan fingerprint density at radius 2 is 1.94 bits per heavy atom. The van der Waals surface area contributed by atoms with E-state index in [-0.39, 0.29) is 17.5 Å². The molecule has 0 aromatic heterocycles. The van der Waals surface area contributed by atoms with Crippen LogP contribution in [0, 0.1) is 0 Å². The van der Waals surface area contributed by atoms with Crippen LogP contribution in [0.5, 0.6) is 0 Å². The predicted molar refractivity (Wildman–Crippen MR) is 119 cm³/mol. The van der Waals surface area contributed by atoms with Crippen molar-refractivity contribution in [3.05, 3.63) is 29.3 Å². The molecule has 0 saturated carbocycles. The Labute approximate surface area is 194 Å². The lowest BCUT2D eigenvalue weighted by molar-refractivity contribution is -0.167. The summed E-state index contributed by atoms with van der Waals surface area (Å²) in [6, 6.07) is 4.53. The highest BCUT2D eigenvalue weighted by Crippen LogP contribution is 2.16. The van der Waals surface area contributed by atoms with E-state index in [0.29, 0.717) is 43.9 Å². The van der Waals surface area contributed by atoms with Gasteiger partial charge in [-0.15, -0.1) is 0 Å². The molecule has 1 aromatic carbocycles. The highest BCUT2D eigenvalue weighted by Gasteiger charge is 2.27. The van der Waals surface area contributed by atoms with Gasteiger partial charge in [0.15, 0.2) is 6.29 Å². The fraction of sp³-hybridized carbons (Fsp3) is 0.619. The number of hydrogen-bond acceptors (Lipinski definition) is 7. The molecule has 11 heteroatoms. The lowest BCUT2D eigenvalue weighted by Gasteiger charge is -2.25. The molecule has 0 spiro atoms. The summed E-state index contributed by atoms with van der Waals surface area (Å²) >= 11 is 5.83. The predicted octanol–water partition coefficient (Wildman–Crippen LogP) is 2.38. The van der Waals surface area contributed by atoms with Gasteiger partial charge in [0, 0.05) is 24.6 Å². The summed E-state index contributed by atoms with van der Waals surface area (Å²) in [6.45, 7) is 0.758. The zero-order valence-electron chi connectivity index (χ0n) is 18.2. The van der Waals surface area contributed by atoms with Crippen molar-refractivity contribution in [1.82, 2.24) is 10.0 Å². The molecule has 2 N–H and O–H groups in total. The van der Waals surface area contributed by atoms with E-state index in [1.165, 1.54) is 31.4 Å². The molecule has 1 aromatic rings. The molecule has 2 rings (SSSR count). The molecule has 2 atom stereocenters. The number of benzene rings is 1. The van der Waals surface area contributed by atoms with E-state index in [9.17, 15) is 18.0 Å². The summed E-state index contributed by atoms with van der Waals surface area (Å²) < 4.78 is 43.7. The number of halogens is 1. The summed E-state index contributed by atoms with van der Waals surface area (Å²) in [4.78, 5) is 23.8. The summed E-state index contributed by atoms with van der Waals surface area (Å²) in [5, 5.41) is 3.14. The second-order valence-corrected chi connectivity index (χ2v) is 9.59. The van der Waals surface area contributed by atoms with Crippen molar-refractivity contribution in [3.63, 3.8) is 0 Å². The van der Waals surface area contributed by atoms with E-state index in [4.69, 9.17) is 21.1 Å². The van der Waals surface area contributed by atoms with Crippen molar-refractivity contribution in [3.8, 4) is 0 Å². The van der Waals surface area contributed by atoms with Crippen LogP contribution in [0.1, 0.15) is 44.9 Å². The minimum Gasteiger partial charge on any atom is -0.469 e. The molecule has 32 heavy (non-hydrogen) atoms. The van der Waals surface area contributed by atoms with Crippen LogP contribution < -0.4 is 10.0 Å². The first-order valence-corrected chi connectivity index (χ1v) is 12.5. The van der Waals surface area contributed by atoms with E-state index in [1.54, 1.807) is 0 Å². The Morgan fingerprint density at radius 3 is 2.59 bits per heavy atom. The lowest BCUT2D eigenvalue weighted by Crippen LogP contribution is -2.50. The van der Waals surface area contributed by atoms with Gasteiger partial charge >= 0.3 is 5.97 Å². The zero-order valence-corrected chi connectivity index (χ0v) is 19.8. The highest BCUT2D eigenvalue weighted by atomic mass is 35.5. The number of hydrogen-bond donors (Lipinski definition) is 2. The average molecular weight is 491 g/mol. The molecule has 9 nitrogen and oxygen atoms in total. The first kappa shape index (κ1) is 26.5. The van der Waals surface area contributed by atoms with Crippen molar-refractivity contribution in [2.75, 3.05) is 26.9 Å². The maximum absolute atomic E-state index is 12.8. The average Bonchev–Trinajstić information content (AvgIpc) is 2.79. The van der Waals surface area contributed by atoms with E-state index in [2.05, 4.69) is 14.8 Å². The minimum absolute atomic E-state index is 0.00331. The summed E-state index contributed by atoms with van der Waals surface area (Å²) in [7, 11) is -2.63. The first-order valence-electron chi connectivity index (χ1n) is 10.7. The van der Waals surface area contributed by atoms with Crippen LogP contribution in [0.4, 0.5) is 0 Å². The standard InChI is InChI=1S/C21H31ClN2O7S/c1-29-19(25)7-3-2-5-13-23-21(26)18(15-31-20-8-4-6-14-30-20)24-32(27,28)17-11-9-16(22)10-12-17/h9-12,18,20,24H,2-8,13-15H2,1H3,(H,23,26). The molecule has 1 fully saturated rings. The molecule has 180 valence electrons. The Morgan fingerprint density at radius 1 is 1.19 bits per heavy atom. The largest absolute Gasteiger partial charge is 0.469 e. The number of esters is 1. The molecule has 0 radical (unpaired) electrons. The van der Waals surface area contributed by atoms with Gasteiger partial charge in [-0.3, -0.25) is 9.59 Å². The number of unbranched alkanes of at least 4 members (excludes halogenated alkanes) is 2. The number of amides is 1. The molecule has 1 heterocycles. The van der Waals surface area contributed by atoms with Crippen LogP contribution in [0.3, 0.4) is 0 Å². The SMILES string of the molecule is COC(=O)CCCCCNC(=O)C(COC1CCCCO1)NS(=O)(=O)c1ccc(Cl)cc1. The highest BCUT2D eigenvalue weighted by molar-refractivity contribution is 7.89. The molecule has 1 saturated heterocycles. The Kier molecular flexibility index (Phi) is 11.4. The molecule has 1 aliphatic rings. The van der Waals surface area contributed by atoms with Crippen molar-refractivity contribution in [1.29, 1.82) is 0 Å². The number of carbonyl (C=O) groups is 2. The van der Waals surface area contributed by atoms with Gasteiger partial charge in [-0.25, -0.2) is 8.42 Å². The molecule has 1 aliphatic heterocycles. The van der Waals surface area contributed by atoms with Crippen LogP contribution >= 0.6 is 11.6 Å². The monoisotopic (exact) mass is 490 g/mol. The van der Waals surface area contributed by atoms with Gasteiger partial charge in [0.05, 0.1) is 18.6 Å². The van der Waals surface area contributed by atoms with Crippen molar-refractivity contribution < 1.29 is 32.2 Å². The van der Waals surface area contributed by atoms with Gasteiger partial charge in [-0.05, 0) is 56.4 Å². The maximum Gasteiger partial charge on any atom is 0.305 e. The summed E-state index contributed by atoms with van der Waals surface area (Å²) in [5.74, 6) is -0.765. The zero-order chi connectivity index (χ0) is 23.4. The van der Waals surface area contributed by atoms with Crippen LogP contribution in [0.25, 0.3) is 0 Å². The number of rotatable bonds is 13. The van der Waals surface area contributed by atoms with E-state index in [0.717, 1.165) is 19.3 Å². The first-order chi connectivity index (χ1) is 15.3. The fourth-order valence-corrected chi connectivity index (χ4v) is 4.39. The molecular weight excluding hydrogens is 460 g/mol. The van der Waals surface area contributed by atoms with Gasteiger partial charge in [-0.1, -0.05) is 18.0 Å². The van der Waals surface area contributed by atoms with Gasteiger partial charge in [0.25, 0.3) is 0 Å². The van der Waals surface area contributed by atoms with Crippen molar-refractivity contribution in [2.45, 2.75) is 62.2 Å². The van der Waals surface area contributed by atoms with E-state index >= 15 is 0 Å². The fourth-order valence-electron chi connectivity index (χ4n) is 3.09. The topological polar surface area (TPSA) is 120 Å². The van der Waals surface area contributed by atoms with Gasteiger partial charge in [-0.2, -0.15) is 4.72 Å². The van der Waals surface area contributed by atoms with Crippen LogP contribution in [0.2, 0.25) is 5.02 Å². The van der Waals surface area contributed by atoms with E-state index < -0.39 is 28.3 Å². The summed E-state index contributed by atoms with van der Waals surface area (Å²) in [5.41, 5.74) is 0. The van der Waals surface area contributed by atoms with Crippen LogP contribution in [-0.2, 0) is 33.8 Å². The maximum atomic E-state index is 12.8.